The Hall–Kier alpha value is -1.64. The molecule has 0 fully saturated rings. The lowest BCUT2D eigenvalue weighted by Crippen LogP contribution is -2.19. The molecule has 0 atom stereocenters. The van der Waals surface area contributed by atoms with Gasteiger partial charge in [-0.2, -0.15) is 5.10 Å². The van der Waals surface area contributed by atoms with Gasteiger partial charge in [-0.25, -0.2) is 5.43 Å². The van der Waals surface area contributed by atoms with E-state index in [2.05, 4.69) is 24.4 Å². The topological polar surface area (TPSA) is 41.5 Å². The summed E-state index contributed by atoms with van der Waals surface area (Å²) in [7, 11) is 0. The van der Waals surface area contributed by atoms with Crippen LogP contribution in [0.5, 0.6) is 0 Å². The summed E-state index contributed by atoms with van der Waals surface area (Å²) in [5, 5.41) is 4.20. The third-order valence-electron chi connectivity index (χ3n) is 2.86. The first-order valence-corrected chi connectivity index (χ1v) is 6.59. The van der Waals surface area contributed by atoms with Crippen LogP contribution in [0.1, 0.15) is 55.5 Å². The van der Waals surface area contributed by atoms with Crippen molar-refractivity contribution in [2.45, 2.75) is 46.5 Å². The fourth-order valence-electron chi connectivity index (χ4n) is 1.59. The Morgan fingerprint density at radius 1 is 1.22 bits per heavy atom. The number of amides is 1. The van der Waals surface area contributed by atoms with Gasteiger partial charge in [-0.05, 0) is 38.3 Å². The Balaban J connectivity index is 2.58. The van der Waals surface area contributed by atoms with Gasteiger partial charge in [0.05, 0.1) is 0 Å². The molecule has 0 aliphatic heterocycles. The van der Waals surface area contributed by atoms with Gasteiger partial charge in [-0.15, -0.1) is 0 Å². The fraction of sp³-hybridized carbons (Fsp3) is 0.467. The molecule has 1 rings (SSSR count). The molecule has 0 heterocycles. The van der Waals surface area contributed by atoms with Gasteiger partial charge in [0, 0.05) is 11.3 Å². The highest BCUT2D eigenvalue weighted by atomic mass is 16.2. The van der Waals surface area contributed by atoms with Crippen molar-refractivity contribution in [3.05, 3.63) is 35.4 Å². The van der Waals surface area contributed by atoms with E-state index in [0.717, 1.165) is 37.0 Å². The van der Waals surface area contributed by atoms with E-state index in [4.69, 9.17) is 0 Å². The number of hydrogen-bond donors (Lipinski definition) is 1. The van der Waals surface area contributed by atoms with Crippen molar-refractivity contribution in [3.63, 3.8) is 0 Å². The summed E-state index contributed by atoms with van der Waals surface area (Å²) in [6.07, 6.45) is 4.10. The summed E-state index contributed by atoms with van der Waals surface area (Å²) in [5.74, 6) is -0.141. The third-order valence-corrected chi connectivity index (χ3v) is 2.86. The van der Waals surface area contributed by atoms with E-state index in [9.17, 15) is 4.79 Å². The molecule has 0 aromatic heterocycles. The molecule has 0 saturated heterocycles. The zero-order valence-corrected chi connectivity index (χ0v) is 11.5. The number of rotatable bonds is 6. The van der Waals surface area contributed by atoms with E-state index >= 15 is 0 Å². The van der Waals surface area contributed by atoms with Crippen LogP contribution < -0.4 is 5.43 Å². The first-order valence-electron chi connectivity index (χ1n) is 6.59. The molecule has 1 amide bonds. The van der Waals surface area contributed by atoms with Gasteiger partial charge in [0.25, 0.3) is 5.91 Å². The average molecular weight is 246 g/mol. The second kappa shape index (κ2) is 7.64. The lowest BCUT2D eigenvalue weighted by atomic mass is 10.1. The summed E-state index contributed by atoms with van der Waals surface area (Å²) < 4.78 is 0. The SMILES string of the molecule is CCCC/C(CC)=N/NC(=O)c1ccc(C)cc1. The maximum atomic E-state index is 11.8. The number of nitrogens with zero attached hydrogens (tertiary/aromatic N) is 1. The van der Waals surface area contributed by atoms with Crippen LogP contribution in [-0.4, -0.2) is 11.6 Å². The van der Waals surface area contributed by atoms with Crippen LogP contribution >= 0.6 is 0 Å². The summed E-state index contributed by atoms with van der Waals surface area (Å²) in [6.45, 7) is 6.21. The van der Waals surface area contributed by atoms with Crippen molar-refractivity contribution in [1.29, 1.82) is 0 Å². The molecule has 0 spiro atoms. The first-order chi connectivity index (χ1) is 8.67. The van der Waals surface area contributed by atoms with Crippen molar-refractivity contribution < 1.29 is 4.79 Å². The number of nitrogens with one attached hydrogen (secondary N) is 1. The number of unbranched alkanes of at least 4 members (excludes halogenated alkanes) is 1. The summed E-state index contributed by atoms with van der Waals surface area (Å²) in [6, 6.07) is 7.49. The number of carbonyl (C=O) groups excluding carboxylic acids is 1. The maximum absolute atomic E-state index is 11.8. The van der Waals surface area contributed by atoms with Gasteiger partial charge in [0.15, 0.2) is 0 Å². The van der Waals surface area contributed by atoms with E-state index in [1.54, 1.807) is 0 Å². The van der Waals surface area contributed by atoms with E-state index in [1.807, 2.05) is 31.2 Å². The summed E-state index contributed by atoms with van der Waals surface area (Å²) >= 11 is 0. The molecule has 0 aliphatic rings. The molecule has 0 bridgehead atoms. The standard InChI is InChI=1S/C15H22N2O/c1-4-6-7-14(5-2)16-17-15(18)13-10-8-12(3)9-11-13/h8-11H,4-7H2,1-3H3,(H,17,18)/b16-14+. The third kappa shape index (κ3) is 4.70. The van der Waals surface area contributed by atoms with Crippen molar-refractivity contribution in [3.8, 4) is 0 Å². The van der Waals surface area contributed by atoms with Crippen LogP contribution in [0.4, 0.5) is 0 Å². The number of hydrazone groups is 1. The number of benzene rings is 1. The molecule has 3 nitrogen and oxygen atoms in total. The molecule has 1 aromatic carbocycles. The highest BCUT2D eigenvalue weighted by Crippen LogP contribution is 2.04. The van der Waals surface area contributed by atoms with Crippen LogP contribution in [0, 0.1) is 6.92 Å². The Labute approximate surface area is 109 Å². The smallest absolute Gasteiger partial charge is 0.267 e. The van der Waals surface area contributed by atoms with Gasteiger partial charge < -0.3 is 0 Å². The van der Waals surface area contributed by atoms with Gasteiger partial charge in [0.1, 0.15) is 0 Å². The minimum absolute atomic E-state index is 0.141. The Kier molecular flexibility index (Phi) is 6.12. The van der Waals surface area contributed by atoms with Crippen LogP contribution in [0.25, 0.3) is 0 Å². The van der Waals surface area contributed by atoms with Gasteiger partial charge >= 0.3 is 0 Å². The van der Waals surface area contributed by atoms with Crippen LogP contribution in [0.3, 0.4) is 0 Å². The summed E-state index contributed by atoms with van der Waals surface area (Å²) in [5.41, 5.74) is 5.47. The van der Waals surface area contributed by atoms with Crippen LogP contribution in [0.2, 0.25) is 0 Å². The second-order valence-electron chi connectivity index (χ2n) is 4.44. The van der Waals surface area contributed by atoms with Crippen molar-refractivity contribution in [2.75, 3.05) is 0 Å². The van der Waals surface area contributed by atoms with E-state index in [-0.39, 0.29) is 5.91 Å². The Bertz CT molecular complexity index is 407. The number of carbonyl (C=O) groups is 1. The molecule has 3 heteroatoms. The van der Waals surface area contributed by atoms with E-state index < -0.39 is 0 Å². The maximum Gasteiger partial charge on any atom is 0.271 e. The molecule has 1 aromatic rings. The monoisotopic (exact) mass is 246 g/mol. The lowest BCUT2D eigenvalue weighted by molar-refractivity contribution is 0.0954. The van der Waals surface area contributed by atoms with E-state index in [1.165, 1.54) is 0 Å². The van der Waals surface area contributed by atoms with Gasteiger partial charge in [-0.1, -0.05) is 38.0 Å². The van der Waals surface area contributed by atoms with Crippen molar-refractivity contribution in [1.82, 2.24) is 5.43 Å². The molecule has 0 aliphatic carbocycles. The number of hydrogen-bond acceptors (Lipinski definition) is 2. The van der Waals surface area contributed by atoms with Crippen molar-refractivity contribution in [2.24, 2.45) is 5.10 Å². The first kappa shape index (κ1) is 14.4. The molecular formula is C15H22N2O. The summed E-state index contributed by atoms with van der Waals surface area (Å²) in [4.78, 5) is 11.8. The minimum Gasteiger partial charge on any atom is -0.267 e. The molecule has 0 saturated carbocycles. The normalized spacial score (nSPS) is 11.4. The average Bonchev–Trinajstić information content (AvgIpc) is 2.39. The highest BCUT2D eigenvalue weighted by Gasteiger charge is 2.04. The van der Waals surface area contributed by atoms with Gasteiger partial charge in [0.2, 0.25) is 0 Å². The van der Waals surface area contributed by atoms with Crippen LogP contribution in [0.15, 0.2) is 29.4 Å². The zero-order chi connectivity index (χ0) is 13.4. The highest BCUT2D eigenvalue weighted by molar-refractivity contribution is 5.95. The van der Waals surface area contributed by atoms with E-state index in [0.29, 0.717) is 5.56 Å². The molecule has 0 radical (unpaired) electrons. The minimum atomic E-state index is -0.141. The zero-order valence-electron chi connectivity index (χ0n) is 11.5. The predicted molar refractivity (Wildman–Crippen MR) is 75.9 cm³/mol. The molecule has 18 heavy (non-hydrogen) atoms. The Morgan fingerprint density at radius 3 is 2.44 bits per heavy atom. The molecule has 1 N–H and O–H groups in total. The van der Waals surface area contributed by atoms with Crippen molar-refractivity contribution >= 4 is 11.6 Å². The molecule has 0 unspecified atom stereocenters. The predicted octanol–water partition coefficient (Wildman–Crippen LogP) is 3.68. The quantitative estimate of drug-likeness (QED) is 0.603. The lowest BCUT2D eigenvalue weighted by Gasteiger charge is -2.04. The van der Waals surface area contributed by atoms with Gasteiger partial charge in [-0.3, -0.25) is 4.79 Å². The molecule has 98 valence electrons. The second-order valence-corrected chi connectivity index (χ2v) is 4.44. The van der Waals surface area contributed by atoms with Crippen LogP contribution in [-0.2, 0) is 0 Å². The Morgan fingerprint density at radius 2 is 1.89 bits per heavy atom. The number of aryl methyl sites for hydroxylation is 1. The largest absolute Gasteiger partial charge is 0.271 e. The molecular weight excluding hydrogens is 224 g/mol. The fourth-order valence-corrected chi connectivity index (χ4v) is 1.59.